The molecule has 0 aliphatic heterocycles. The maximum absolute atomic E-state index is 11.2. The van der Waals surface area contributed by atoms with Crippen LogP contribution in [0.4, 0.5) is 0 Å². The van der Waals surface area contributed by atoms with E-state index in [0.717, 1.165) is 12.8 Å². The van der Waals surface area contributed by atoms with Crippen LogP contribution in [0.3, 0.4) is 0 Å². The summed E-state index contributed by atoms with van der Waals surface area (Å²) in [6, 6.07) is 0.532. The Balaban J connectivity index is 2.58. The minimum Gasteiger partial charge on any atom is -0.465 e. The summed E-state index contributed by atoms with van der Waals surface area (Å²) < 4.78 is 8.93. The number of carbonyl (C=O) groups excluding carboxylic acids is 2. The number of rotatable bonds is 5. The molecule has 0 aromatic heterocycles. The molecule has 1 rings (SSSR count). The summed E-state index contributed by atoms with van der Waals surface area (Å²) >= 11 is 0. The highest BCUT2D eigenvalue weighted by Gasteiger charge is 2.19. The zero-order valence-corrected chi connectivity index (χ0v) is 9.36. The number of esters is 2. The Kier molecular flexibility index (Phi) is 4.57. The molecule has 5 heteroatoms. The first-order valence-electron chi connectivity index (χ1n) is 4.98. The van der Waals surface area contributed by atoms with E-state index in [4.69, 9.17) is 0 Å². The van der Waals surface area contributed by atoms with Gasteiger partial charge in [-0.1, -0.05) is 0 Å². The van der Waals surface area contributed by atoms with Crippen LogP contribution >= 0.6 is 0 Å². The van der Waals surface area contributed by atoms with Crippen LogP contribution in [0, 0.1) is 0 Å². The molecule has 16 heavy (non-hydrogen) atoms. The highest BCUT2D eigenvalue weighted by atomic mass is 16.5. The Morgan fingerprint density at radius 1 is 1.19 bits per heavy atom. The topological polar surface area (TPSA) is 64.6 Å². The second-order valence-electron chi connectivity index (χ2n) is 3.36. The fourth-order valence-electron chi connectivity index (χ4n) is 1.03. The van der Waals surface area contributed by atoms with Gasteiger partial charge in [0, 0.05) is 6.04 Å². The molecule has 1 aliphatic carbocycles. The van der Waals surface area contributed by atoms with Gasteiger partial charge in [-0.3, -0.25) is 0 Å². The lowest BCUT2D eigenvalue weighted by Crippen LogP contribution is -2.15. The average molecular weight is 225 g/mol. The summed E-state index contributed by atoms with van der Waals surface area (Å²) in [7, 11) is 2.43. The van der Waals surface area contributed by atoms with Gasteiger partial charge in [-0.25, -0.2) is 9.59 Å². The molecule has 1 aliphatic rings. The molecule has 0 atom stereocenters. The summed E-state index contributed by atoms with van der Waals surface area (Å²) in [5.74, 6) is -1.41. The molecule has 0 aromatic carbocycles. The first-order valence-corrected chi connectivity index (χ1v) is 4.98. The Morgan fingerprint density at radius 3 is 2.19 bits per heavy atom. The van der Waals surface area contributed by atoms with Gasteiger partial charge in [-0.05, 0) is 31.2 Å². The van der Waals surface area contributed by atoms with Gasteiger partial charge in [0.2, 0.25) is 0 Å². The van der Waals surface area contributed by atoms with Gasteiger partial charge < -0.3 is 14.8 Å². The smallest absolute Gasteiger partial charge is 0.345 e. The lowest BCUT2D eigenvalue weighted by molar-refractivity contribution is -0.144. The number of allylic oxidation sites excluding steroid dienone is 2. The van der Waals surface area contributed by atoms with E-state index in [1.807, 2.05) is 0 Å². The number of hydrogen-bond donors (Lipinski definition) is 1. The van der Waals surface area contributed by atoms with Crippen LogP contribution in [-0.4, -0.2) is 32.2 Å². The molecule has 88 valence electrons. The van der Waals surface area contributed by atoms with Crippen molar-refractivity contribution < 1.29 is 19.1 Å². The van der Waals surface area contributed by atoms with Gasteiger partial charge in [-0.2, -0.15) is 0 Å². The van der Waals surface area contributed by atoms with Crippen LogP contribution in [0.2, 0.25) is 0 Å². The molecule has 0 spiro atoms. The van der Waals surface area contributed by atoms with Crippen molar-refractivity contribution in [3.8, 4) is 0 Å². The van der Waals surface area contributed by atoms with Crippen LogP contribution in [0.5, 0.6) is 0 Å². The van der Waals surface area contributed by atoms with E-state index in [2.05, 4.69) is 14.8 Å². The SMILES string of the molecule is COC(=O)C(=C/C=C/NC1CC1)C(=O)OC. The fourth-order valence-corrected chi connectivity index (χ4v) is 1.03. The van der Waals surface area contributed by atoms with E-state index in [1.54, 1.807) is 12.3 Å². The molecule has 1 N–H and O–H groups in total. The maximum atomic E-state index is 11.2. The average Bonchev–Trinajstić information content (AvgIpc) is 3.11. The monoisotopic (exact) mass is 225 g/mol. The molecule has 0 aromatic rings. The molecular formula is C11H15NO4. The van der Waals surface area contributed by atoms with Crippen molar-refractivity contribution in [1.82, 2.24) is 5.32 Å². The quantitative estimate of drug-likeness (QED) is 0.243. The van der Waals surface area contributed by atoms with Gasteiger partial charge >= 0.3 is 11.9 Å². The number of nitrogens with one attached hydrogen (secondary N) is 1. The Bertz CT molecular complexity index is 311. The zero-order chi connectivity index (χ0) is 12.0. The van der Waals surface area contributed by atoms with Gasteiger partial charge in [-0.15, -0.1) is 0 Å². The van der Waals surface area contributed by atoms with Crippen LogP contribution in [-0.2, 0) is 19.1 Å². The van der Waals surface area contributed by atoms with Crippen LogP contribution in [0.1, 0.15) is 12.8 Å². The lowest BCUT2D eigenvalue weighted by Gasteiger charge is -2.01. The molecular weight excluding hydrogens is 210 g/mol. The van der Waals surface area contributed by atoms with Gasteiger partial charge in [0.05, 0.1) is 14.2 Å². The molecule has 1 saturated carbocycles. The van der Waals surface area contributed by atoms with Gasteiger partial charge in [0.25, 0.3) is 0 Å². The van der Waals surface area contributed by atoms with E-state index < -0.39 is 11.9 Å². The van der Waals surface area contributed by atoms with Crippen molar-refractivity contribution in [3.63, 3.8) is 0 Å². The lowest BCUT2D eigenvalue weighted by atomic mass is 10.2. The third kappa shape index (κ3) is 3.76. The van der Waals surface area contributed by atoms with E-state index in [0.29, 0.717) is 6.04 Å². The summed E-state index contributed by atoms with van der Waals surface area (Å²) in [4.78, 5) is 22.4. The highest BCUT2D eigenvalue weighted by molar-refractivity contribution is 6.14. The summed E-state index contributed by atoms with van der Waals surface area (Å²) in [5.41, 5.74) is -0.126. The van der Waals surface area contributed by atoms with Crippen molar-refractivity contribution >= 4 is 11.9 Å². The van der Waals surface area contributed by atoms with Crippen molar-refractivity contribution in [2.24, 2.45) is 0 Å². The van der Waals surface area contributed by atoms with Crippen LogP contribution < -0.4 is 5.32 Å². The summed E-state index contributed by atoms with van der Waals surface area (Å²) in [6.45, 7) is 0. The van der Waals surface area contributed by atoms with Crippen LogP contribution in [0.15, 0.2) is 23.9 Å². The van der Waals surface area contributed by atoms with E-state index in [9.17, 15) is 9.59 Å². The predicted molar refractivity (Wildman–Crippen MR) is 57.4 cm³/mol. The predicted octanol–water partition coefficient (Wildman–Crippen LogP) is 0.524. The van der Waals surface area contributed by atoms with E-state index in [1.165, 1.54) is 20.3 Å². The molecule has 0 unspecified atom stereocenters. The Hall–Kier alpha value is -1.78. The molecule has 0 bridgehead atoms. The van der Waals surface area contributed by atoms with E-state index >= 15 is 0 Å². The minimum absolute atomic E-state index is 0.126. The minimum atomic E-state index is -0.706. The maximum Gasteiger partial charge on any atom is 0.345 e. The van der Waals surface area contributed by atoms with Crippen molar-refractivity contribution in [3.05, 3.63) is 23.9 Å². The van der Waals surface area contributed by atoms with Crippen molar-refractivity contribution in [1.29, 1.82) is 0 Å². The third-order valence-electron chi connectivity index (χ3n) is 2.08. The highest BCUT2D eigenvalue weighted by Crippen LogP contribution is 2.18. The molecule has 0 radical (unpaired) electrons. The second-order valence-corrected chi connectivity index (χ2v) is 3.36. The molecule has 0 amide bonds. The molecule has 5 nitrogen and oxygen atoms in total. The number of methoxy groups -OCH3 is 2. The summed E-state index contributed by atoms with van der Waals surface area (Å²) in [6.07, 6.45) is 6.97. The molecule has 0 saturated heterocycles. The Labute approximate surface area is 94.1 Å². The normalized spacial score (nSPS) is 14.4. The summed E-state index contributed by atoms with van der Waals surface area (Å²) in [5, 5.41) is 3.10. The molecule has 0 heterocycles. The standard InChI is InChI=1S/C11H15NO4/c1-15-10(13)9(11(14)16-2)4-3-7-12-8-5-6-8/h3-4,7-8,12H,5-6H2,1-2H3/b7-3+. The third-order valence-corrected chi connectivity index (χ3v) is 2.08. The number of ether oxygens (including phenoxy) is 2. The number of hydrogen-bond acceptors (Lipinski definition) is 5. The van der Waals surface area contributed by atoms with Crippen molar-refractivity contribution in [2.75, 3.05) is 14.2 Å². The largest absolute Gasteiger partial charge is 0.465 e. The molecule has 1 fully saturated rings. The van der Waals surface area contributed by atoms with Gasteiger partial charge in [0.1, 0.15) is 5.57 Å². The van der Waals surface area contributed by atoms with Crippen molar-refractivity contribution in [2.45, 2.75) is 18.9 Å². The van der Waals surface area contributed by atoms with Gasteiger partial charge in [0.15, 0.2) is 0 Å². The van der Waals surface area contributed by atoms with E-state index in [-0.39, 0.29) is 5.57 Å². The fraction of sp³-hybridized carbons (Fsp3) is 0.455. The number of carbonyl (C=O) groups is 2. The first kappa shape index (κ1) is 12.3. The zero-order valence-electron chi connectivity index (χ0n) is 9.36. The van der Waals surface area contributed by atoms with Crippen LogP contribution in [0.25, 0.3) is 0 Å². The Morgan fingerprint density at radius 2 is 1.75 bits per heavy atom. The second kappa shape index (κ2) is 5.95. The first-order chi connectivity index (χ1) is 7.69.